The molecule has 2 heterocycles. The number of hydroxylamine groups is 1. The summed E-state index contributed by atoms with van der Waals surface area (Å²) in [5.74, 6) is 0.493. The molecule has 1 aromatic carbocycles. The second-order valence-electron chi connectivity index (χ2n) is 5.91. The lowest BCUT2D eigenvalue weighted by Crippen LogP contribution is -2.63. The fraction of sp³-hybridized carbons (Fsp3) is 0.500. The highest BCUT2D eigenvalue weighted by atomic mass is 16.7. The second-order valence-corrected chi connectivity index (χ2v) is 5.91. The molecule has 2 saturated heterocycles. The van der Waals surface area contributed by atoms with Crippen LogP contribution >= 0.6 is 0 Å². The Morgan fingerprint density at radius 3 is 2.79 bits per heavy atom. The molecule has 1 aromatic rings. The minimum atomic E-state index is -0.523. The van der Waals surface area contributed by atoms with Crippen LogP contribution in [0.5, 0.6) is 5.75 Å². The number of nitrogens with one attached hydrogen (secondary N) is 3. The fourth-order valence-electron chi connectivity index (χ4n) is 2.93. The summed E-state index contributed by atoms with van der Waals surface area (Å²) in [5.41, 5.74) is 2.58. The first-order chi connectivity index (χ1) is 11.7. The largest absolute Gasteiger partial charge is 0.497 e. The molecule has 8 nitrogen and oxygen atoms in total. The molecule has 8 heteroatoms. The number of benzene rings is 1. The Bertz CT molecular complexity index is 605. The molecule has 0 radical (unpaired) electrons. The molecule has 1 unspecified atom stereocenters. The van der Waals surface area contributed by atoms with Crippen LogP contribution in [-0.2, 0) is 4.84 Å². The lowest BCUT2D eigenvalue weighted by atomic mass is 9.91. The van der Waals surface area contributed by atoms with E-state index in [-0.39, 0.29) is 6.04 Å². The zero-order valence-electron chi connectivity index (χ0n) is 13.6. The molecule has 3 N–H and O–H groups in total. The van der Waals surface area contributed by atoms with E-state index in [1.54, 1.807) is 29.2 Å². The number of piperazine rings is 1. The standard InChI is InChI=1S/C16H22N4O4/c1-23-13-4-2-3-11(7-13)15(21)19-24-16(22)20-6-5-17-10-14(20)12-8-18-9-12/h2-4,7,12,14,17-18H,5-6,8-10H2,1H3,(H,19,21). The monoisotopic (exact) mass is 334 g/mol. The van der Waals surface area contributed by atoms with Crippen molar-refractivity contribution in [2.24, 2.45) is 5.92 Å². The average Bonchev–Trinajstić information content (AvgIpc) is 2.58. The molecule has 0 bridgehead atoms. The number of ether oxygens (including phenoxy) is 1. The van der Waals surface area contributed by atoms with Gasteiger partial charge < -0.3 is 25.1 Å². The molecular weight excluding hydrogens is 312 g/mol. The zero-order chi connectivity index (χ0) is 16.9. The lowest BCUT2D eigenvalue weighted by Gasteiger charge is -2.43. The van der Waals surface area contributed by atoms with E-state index >= 15 is 0 Å². The first-order valence-electron chi connectivity index (χ1n) is 8.02. The van der Waals surface area contributed by atoms with Crippen LogP contribution in [0.1, 0.15) is 10.4 Å². The molecule has 0 aliphatic carbocycles. The highest BCUT2D eigenvalue weighted by Gasteiger charge is 2.36. The SMILES string of the molecule is COc1cccc(C(=O)NOC(=O)N2CCNCC2C2CNC2)c1. The number of rotatable bonds is 3. The van der Waals surface area contributed by atoms with Crippen molar-refractivity contribution in [3.8, 4) is 5.75 Å². The van der Waals surface area contributed by atoms with Crippen molar-refractivity contribution in [3.05, 3.63) is 29.8 Å². The van der Waals surface area contributed by atoms with Crippen molar-refractivity contribution >= 4 is 12.0 Å². The molecule has 2 amide bonds. The average molecular weight is 334 g/mol. The van der Waals surface area contributed by atoms with Gasteiger partial charge in [-0.25, -0.2) is 4.79 Å². The van der Waals surface area contributed by atoms with Crippen LogP contribution in [0, 0.1) is 5.92 Å². The molecule has 24 heavy (non-hydrogen) atoms. The minimum Gasteiger partial charge on any atom is -0.497 e. The van der Waals surface area contributed by atoms with Crippen molar-refractivity contribution < 1.29 is 19.2 Å². The Hall–Kier alpha value is -2.32. The quantitative estimate of drug-likeness (QED) is 0.673. The summed E-state index contributed by atoms with van der Waals surface area (Å²) in [5, 5.41) is 6.51. The zero-order valence-corrected chi connectivity index (χ0v) is 13.6. The highest BCUT2D eigenvalue weighted by Crippen LogP contribution is 2.18. The van der Waals surface area contributed by atoms with Crippen LogP contribution < -0.4 is 20.9 Å². The Kier molecular flexibility index (Phi) is 5.17. The van der Waals surface area contributed by atoms with Crippen molar-refractivity contribution in [1.82, 2.24) is 21.0 Å². The number of methoxy groups -OCH3 is 1. The summed E-state index contributed by atoms with van der Waals surface area (Å²) in [6, 6.07) is 6.73. The number of carbonyl (C=O) groups is 2. The van der Waals surface area contributed by atoms with Crippen LogP contribution in [-0.4, -0.2) is 62.8 Å². The van der Waals surface area contributed by atoms with Crippen molar-refractivity contribution in [2.45, 2.75) is 6.04 Å². The van der Waals surface area contributed by atoms with E-state index < -0.39 is 12.0 Å². The van der Waals surface area contributed by atoms with Gasteiger partial charge >= 0.3 is 6.09 Å². The molecular formula is C16H22N4O4. The van der Waals surface area contributed by atoms with Gasteiger partial charge in [0.1, 0.15) is 5.75 Å². The summed E-state index contributed by atoms with van der Waals surface area (Å²) in [4.78, 5) is 31.1. The Morgan fingerprint density at radius 1 is 1.25 bits per heavy atom. The normalized spacial score (nSPS) is 20.9. The number of hydrogen-bond donors (Lipinski definition) is 3. The molecule has 0 aromatic heterocycles. The summed E-state index contributed by atoms with van der Waals surface area (Å²) < 4.78 is 5.08. The van der Waals surface area contributed by atoms with Crippen molar-refractivity contribution in [1.29, 1.82) is 0 Å². The van der Waals surface area contributed by atoms with E-state index in [1.807, 2.05) is 0 Å². The van der Waals surface area contributed by atoms with Gasteiger partial charge in [-0.3, -0.25) is 4.79 Å². The van der Waals surface area contributed by atoms with Gasteiger partial charge in [-0.2, -0.15) is 5.48 Å². The van der Waals surface area contributed by atoms with Gasteiger partial charge in [0, 0.05) is 44.2 Å². The van der Waals surface area contributed by atoms with E-state index in [9.17, 15) is 9.59 Å². The Morgan fingerprint density at radius 2 is 2.08 bits per heavy atom. The maximum absolute atomic E-state index is 12.3. The van der Waals surface area contributed by atoms with Crippen molar-refractivity contribution in [2.75, 3.05) is 39.8 Å². The third-order valence-electron chi connectivity index (χ3n) is 4.44. The Balaban J connectivity index is 1.56. The smallest absolute Gasteiger partial charge is 0.434 e. The van der Waals surface area contributed by atoms with Gasteiger partial charge in [-0.05, 0) is 18.2 Å². The topological polar surface area (TPSA) is 91.9 Å². The molecule has 2 fully saturated rings. The van der Waals surface area contributed by atoms with Crippen molar-refractivity contribution in [3.63, 3.8) is 0 Å². The third kappa shape index (κ3) is 3.60. The van der Waals surface area contributed by atoms with E-state index in [1.165, 1.54) is 7.11 Å². The Labute approximate surface area is 140 Å². The van der Waals surface area contributed by atoms with Crippen LogP contribution in [0.25, 0.3) is 0 Å². The summed E-state index contributed by atoms with van der Waals surface area (Å²) >= 11 is 0. The van der Waals surface area contributed by atoms with E-state index in [0.717, 1.165) is 26.2 Å². The first kappa shape index (κ1) is 16.5. The number of nitrogens with zero attached hydrogens (tertiary/aromatic N) is 1. The van der Waals surface area contributed by atoms with Crippen LogP contribution in [0.2, 0.25) is 0 Å². The third-order valence-corrected chi connectivity index (χ3v) is 4.44. The van der Waals surface area contributed by atoms with Crippen LogP contribution in [0.4, 0.5) is 4.79 Å². The minimum absolute atomic E-state index is 0.0845. The number of amides is 2. The first-order valence-corrected chi connectivity index (χ1v) is 8.02. The fourth-order valence-corrected chi connectivity index (χ4v) is 2.93. The number of hydrogen-bond acceptors (Lipinski definition) is 6. The molecule has 0 saturated carbocycles. The van der Waals surface area contributed by atoms with E-state index in [4.69, 9.17) is 9.57 Å². The molecule has 2 aliphatic rings. The van der Waals surface area contributed by atoms with E-state index in [2.05, 4.69) is 16.1 Å². The van der Waals surface area contributed by atoms with Crippen LogP contribution in [0.3, 0.4) is 0 Å². The molecule has 2 aliphatic heterocycles. The van der Waals surface area contributed by atoms with Gasteiger partial charge in [0.25, 0.3) is 5.91 Å². The second kappa shape index (κ2) is 7.50. The molecule has 0 spiro atoms. The maximum Gasteiger partial charge on any atom is 0.434 e. The van der Waals surface area contributed by atoms with E-state index in [0.29, 0.717) is 23.8 Å². The highest BCUT2D eigenvalue weighted by molar-refractivity contribution is 5.94. The summed E-state index contributed by atoms with van der Waals surface area (Å²) in [6.45, 7) is 3.81. The van der Waals surface area contributed by atoms with Gasteiger partial charge in [0.2, 0.25) is 0 Å². The predicted molar refractivity (Wildman–Crippen MR) is 86.7 cm³/mol. The lowest BCUT2D eigenvalue weighted by molar-refractivity contribution is 0.0195. The molecule has 130 valence electrons. The van der Waals surface area contributed by atoms with Gasteiger partial charge in [0.05, 0.1) is 13.2 Å². The summed E-state index contributed by atoms with van der Waals surface area (Å²) in [7, 11) is 1.52. The van der Waals surface area contributed by atoms with Gasteiger partial charge in [0.15, 0.2) is 0 Å². The summed E-state index contributed by atoms with van der Waals surface area (Å²) in [6.07, 6.45) is -0.523. The maximum atomic E-state index is 12.3. The van der Waals surface area contributed by atoms with Crippen LogP contribution in [0.15, 0.2) is 24.3 Å². The van der Waals surface area contributed by atoms with Gasteiger partial charge in [-0.1, -0.05) is 6.07 Å². The van der Waals surface area contributed by atoms with Gasteiger partial charge in [-0.15, -0.1) is 0 Å². The predicted octanol–water partition coefficient (Wildman–Crippen LogP) is -0.0302. The number of carbonyl (C=O) groups excluding carboxylic acids is 2. The molecule has 1 atom stereocenters. The molecule has 3 rings (SSSR count).